The zero-order chi connectivity index (χ0) is 13.9. The first-order valence-corrected chi connectivity index (χ1v) is 5.72. The Morgan fingerprint density at radius 3 is 2.50 bits per heavy atom. The molecular weight excluding hydrogens is 235 g/mol. The number of carbonyl (C=O) groups excluding carboxylic acids is 1. The van der Waals surface area contributed by atoms with Crippen LogP contribution in [0.1, 0.15) is 37.6 Å². The molecule has 1 amide bonds. The molecule has 0 aliphatic rings. The predicted molar refractivity (Wildman–Crippen MR) is 68.9 cm³/mol. The van der Waals surface area contributed by atoms with E-state index < -0.39 is 11.7 Å². The lowest BCUT2D eigenvalue weighted by atomic mass is 9.93. The van der Waals surface area contributed by atoms with E-state index in [4.69, 9.17) is 16.2 Å². The van der Waals surface area contributed by atoms with Gasteiger partial charge in [-0.05, 0) is 17.9 Å². The van der Waals surface area contributed by atoms with Gasteiger partial charge in [-0.1, -0.05) is 20.8 Å². The Bertz CT molecular complexity index is 453. The maximum absolute atomic E-state index is 13.6. The molecule has 0 aliphatic carbocycles. The van der Waals surface area contributed by atoms with E-state index in [0.717, 1.165) is 12.5 Å². The number of carbonyl (C=O) groups is 1. The Morgan fingerprint density at radius 1 is 1.39 bits per heavy atom. The zero-order valence-electron chi connectivity index (χ0n) is 10.9. The Balaban J connectivity index is 2.83. The summed E-state index contributed by atoms with van der Waals surface area (Å²) in [6.07, 6.45) is 0.767. The van der Waals surface area contributed by atoms with Gasteiger partial charge in [-0.3, -0.25) is 4.79 Å². The summed E-state index contributed by atoms with van der Waals surface area (Å²) in [7, 11) is 0. The van der Waals surface area contributed by atoms with Crippen molar-refractivity contribution in [2.24, 2.45) is 11.1 Å². The maximum atomic E-state index is 13.6. The van der Waals surface area contributed by atoms with Crippen LogP contribution in [0.2, 0.25) is 0 Å². The van der Waals surface area contributed by atoms with Gasteiger partial charge >= 0.3 is 0 Å². The van der Waals surface area contributed by atoms with Crippen LogP contribution in [0.3, 0.4) is 0 Å². The Labute approximate surface area is 106 Å². The molecule has 5 heteroatoms. The van der Waals surface area contributed by atoms with Gasteiger partial charge in [0.05, 0.1) is 12.2 Å². The Morgan fingerprint density at radius 2 is 2.00 bits per heavy atom. The van der Waals surface area contributed by atoms with Crippen LogP contribution in [-0.4, -0.2) is 12.5 Å². The van der Waals surface area contributed by atoms with E-state index >= 15 is 0 Å². The van der Waals surface area contributed by atoms with E-state index in [1.165, 1.54) is 6.07 Å². The summed E-state index contributed by atoms with van der Waals surface area (Å²) >= 11 is 0. The fourth-order valence-corrected chi connectivity index (χ4v) is 1.36. The van der Waals surface area contributed by atoms with Crippen molar-refractivity contribution in [2.75, 3.05) is 12.3 Å². The number of ether oxygens (including phenoxy) is 1. The van der Waals surface area contributed by atoms with Crippen molar-refractivity contribution in [3.8, 4) is 5.75 Å². The summed E-state index contributed by atoms with van der Waals surface area (Å²) in [5.74, 6) is -1.29. The summed E-state index contributed by atoms with van der Waals surface area (Å²) < 4.78 is 18.9. The van der Waals surface area contributed by atoms with Gasteiger partial charge in [-0.2, -0.15) is 0 Å². The van der Waals surface area contributed by atoms with E-state index in [0.29, 0.717) is 6.61 Å². The first-order chi connectivity index (χ1) is 8.20. The van der Waals surface area contributed by atoms with Gasteiger partial charge < -0.3 is 16.2 Å². The molecule has 0 radical (unpaired) electrons. The summed E-state index contributed by atoms with van der Waals surface area (Å²) in [5.41, 5.74) is 10.8. The SMILES string of the molecule is CC(C)(C)CCOc1cc(C(N)=O)c(N)cc1F. The molecule has 18 heavy (non-hydrogen) atoms. The van der Waals surface area contributed by atoms with E-state index in [2.05, 4.69) is 20.8 Å². The molecule has 0 saturated heterocycles. The summed E-state index contributed by atoms with van der Waals surface area (Å²) in [6.45, 7) is 6.54. The molecule has 0 aliphatic heterocycles. The molecule has 1 aromatic rings. The van der Waals surface area contributed by atoms with Crippen molar-refractivity contribution in [3.05, 3.63) is 23.5 Å². The molecule has 0 unspecified atom stereocenters. The molecular formula is C13H19FN2O2. The molecule has 1 aromatic carbocycles. The Hall–Kier alpha value is -1.78. The van der Waals surface area contributed by atoms with Gasteiger partial charge in [0.1, 0.15) is 0 Å². The van der Waals surface area contributed by atoms with Crippen LogP contribution in [0.15, 0.2) is 12.1 Å². The molecule has 0 fully saturated rings. The van der Waals surface area contributed by atoms with Gasteiger partial charge in [0, 0.05) is 11.8 Å². The highest BCUT2D eigenvalue weighted by Crippen LogP contribution is 2.25. The number of nitrogens with two attached hydrogens (primary N) is 2. The second-order valence-corrected chi connectivity index (χ2v) is 5.39. The fraction of sp³-hybridized carbons (Fsp3) is 0.462. The number of halogens is 1. The van der Waals surface area contributed by atoms with Gasteiger partial charge in [0.15, 0.2) is 11.6 Å². The normalized spacial score (nSPS) is 11.3. The summed E-state index contributed by atoms with van der Waals surface area (Å²) in [6, 6.07) is 2.29. The van der Waals surface area contributed by atoms with Gasteiger partial charge in [-0.25, -0.2) is 4.39 Å². The first-order valence-electron chi connectivity index (χ1n) is 5.72. The minimum Gasteiger partial charge on any atom is -0.490 e. The topological polar surface area (TPSA) is 78.3 Å². The van der Waals surface area contributed by atoms with Gasteiger partial charge in [-0.15, -0.1) is 0 Å². The van der Waals surface area contributed by atoms with Crippen LogP contribution in [0.25, 0.3) is 0 Å². The maximum Gasteiger partial charge on any atom is 0.250 e. The van der Waals surface area contributed by atoms with Crippen molar-refractivity contribution in [3.63, 3.8) is 0 Å². The monoisotopic (exact) mass is 254 g/mol. The third-order valence-electron chi connectivity index (χ3n) is 2.48. The minimum atomic E-state index is -0.701. The quantitative estimate of drug-likeness (QED) is 0.809. The standard InChI is InChI=1S/C13H19FN2O2/c1-13(2,3)4-5-18-11-6-8(12(16)17)10(15)7-9(11)14/h6-7H,4-5,15H2,1-3H3,(H2,16,17). The largest absolute Gasteiger partial charge is 0.490 e. The lowest BCUT2D eigenvalue weighted by Gasteiger charge is -2.18. The van der Waals surface area contributed by atoms with E-state index in [1.54, 1.807) is 0 Å². The molecule has 0 heterocycles. The average Bonchev–Trinajstić information content (AvgIpc) is 2.18. The van der Waals surface area contributed by atoms with Crippen LogP contribution in [0.4, 0.5) is 10.1 Å². The van der Waals surface area contributed by atoms with Crippen LogP contribution in [-0.2, 0) is 0 Å². The van der Waals surface area contributed by atoms with Crippen molar-refractivity contribution in [1.29, 1.82) is 0 Å². The number of anilines is 1. The predicted octanol–water partition coefficient (Wildman–Crippen LogP) is 2.32. The van der Waals surface area contributed by atoms with Crippen LogP contribution >= 0.6 is 0 Å². The third kappa shape index (κ3) is 3.91. The highest BCUT2D eigenvalue weighted by Gasteiger charge is 2.14. The van der Waals surface area contributed by atoms with E-state index in [1.807, 2.05) is 0 Å². The number of hydrogen-bond donors (Lipinski definition) is 2. The van der Waals surface area contributed by atoms with Crippen LogP contribution in [0.5, 0.6) is 5.75 Å². The number of amides is 1. The highest BCUT2D eigenvalue weighted by atomic mass is 19.1. The second-order valence-electron chi connectivity index (χ2n) is 5.39. The second kappa shape index (κ2) is 5.25. The smallest absolute Gasteiger partial charge is 0.250 e. The van der Waals surface area contributed by atoms with Crippen LogP contribution < -0.4 is 16.2 Å². The van der Waals surface area contributed by atoms with Crippen molar-refractivity contribution in [1.82, 2.24) is 0 Å². The first kappa shape index (κ1) is 14.3. The number of primary amides is 1. The molecule has 1 rings (SSSR count). The fourth-order valence-electron chi connectivity index (χ4n) is 1.36. The van der Waals surface area contributed by atoms with Gasteiger partial charge in [0.2, 0.25) is 0 Å². The number of benzene rings is 1. The van der Waals surface area contributed by atoms with E-state index in [9.17, 15) is 9.18 Å². The van der Waals surface area contributed by atoms with Gasteiger partial charge in [0.25, 0.3) is 5.91 Å². The summed E-state index contributed by atoms with van der Waals surface area (Å²) in [4.78, 5) is 11.1. The number of hydrogen-bond acceptors (Lipinski definition) is 3. The van der Waals surface area contributed by atoms with Crippen molar-refractivity contribution < 1.29 is 13.9 Å². The molecule has 0 spiro atoms. The number of rotatable bonds is 4. The summed E-state index contributed by atoms with van der Waals surface area (Å²) in [5, 5.41) is 0. The minimum absolute atomic E-state index is 0.00208. The lowest BCUT2D eigenvalue weighted by molar-refractivity contribution is 0.100. The molecule has 100 valence electrons. The lowest BCUT2D eigenvalue weighted by Crippen LogP contribution is -2.15. The van der Waals surface area contributed by atoms with Crippen molar-refractivity contribution >= 4 is 11.6 Å². The molecule has 0 bridgehead atoms. The Kier molecular flexibility index (Phi) is 4.16. The highest BCUT2D eigenvalue weighted by molar-refractivity contribution is 5.98. The molecule has 4 nitrogen and oxygen atoms in total. The van der Waals surface area contributed by atoms with Crippen molar-refractivity contribution in [2.45, 2.75) is 27.2 Å². The zero-order valence-corrected chi connectivity index (χ0v) is 10.9. The average molecular weight is 254 g/mol. The number of nitrogen functional groups attached to an aromatic ring is 1. The molecule has 4 N–H and O–H groups in total. The molecule has 0 aromatic heterocycles. The van der Waals surface area contributed by atoms with Crippen LogP contribution in [0, 0.1) is 11.2 Å². The third-order valence-corrected chi connectivity index (χ3v) is 2.48. The van der Waals surface area contributed by atoms with E-state index in [-0.39, 0.29) is 22.4 Å². The molecule has 0 saturated carbocycles. The molecule has 0 atom stereocenters.